The van der Waals surface area contributed by atoms with E-state index in [2.05, 4.69) is 21.2 Å². The maximum absolute atomic E-state index is 13.9. The molecule has 0 amide bonds. The van der Waals surface area contributed by atoms with Gasteiger partial charge in [0, 0.05) is 10.0 Å². The molecule has 0 aliphatic heterocycles. The van der Waals surface area contributed by atoms with Gasteiger partial charge < -0.3 is 5.32 Å². The number of halogens is 5. The lowest BCUT2D eigenvalue weighted by molar-refractivity contribution is -0.138. The van der Waals surface area contributed by atoms with Crippen molar-refractivity contribution in [2.45, 2.75) is 12.2 Å². The summed E-state index contributed by atoms with van der Waals surface area (Å²) in [4.78, 5) is 0. The van der Waals surface area contributed by atoms with Crippen LogP contribution in [0.3, 0.4) is 0 Å². The van der Waals surface area contributed by atoms with Gasteiger partial charge in [0.1, 0.15) is 5.82 Å². The summed E-state index contributed by atoms with van der Waals surface area (Å²) in [6.45, 7) is 0. The number of nitrogens with one attached hydrogen (secondary N) is 1. The minimum absolute atomic E-state index is 0.0155. The molecule has 6 heteroatoms. The fourth-order valence-corrected chi connectivity index (χ4v) is 2.57. The van der Waals surface area contributed by atoms with E-state index in [0.29, 0.717) is 4.47 Å². The minimum Gasteiger partial charge on any atom is -0.309 e. The molecule has 2 aromatic rings. The monoisotopic (exact) mass is 361 g/mol. The second-order valence-corrected chi connectivity index (χ2v) is 5.39. The van der Waals surface area contributed by atoms with Crippen LogP contribution in [0.1, 0.15) is 22.7 Å². The van der Waals surface area contributed by atoms with Gasteiger partial charge in [-0.25, -0.2) is 4.39 Å². The van der Waals surface area contributed by atoms with Gasteiger partial charge in [-0.2, -0.15) is 13.2 Å². The van der Waals surface area contributed by atoms with E-state index in [1.54, 1.807) is 6.07 Å². The Labute approximate surface area is 128 Å². The first kappa shape index (κ1) is 16.0. The van der Waals surface area contributed by atoms with Gasteiger partial charge in [0.25, 0.3) is 0 Å². The fraction of sp³-hybridized carbons (Fsp3) is 0.200. The van der Waals surface area contributed by atoms with E-state index in [1.807, 2.05) is 0 Å². The van der Waals surface area contributed by atoms with E-state index in [9.17, 15) is 17.6 Å². The number of rotatable bonds is 3. The Morgan fingerprint density at radius 3 is 2.29 bits per heavy atom. The first-order chi connectivity index (χ1) is 9.84. The predicted molar refractivity (Wildman–Crippen MR) is 76.4 cm³/mol. The lowest BCUT2D eigenvalue weighted by Crippen LogP contribution is -2.23. The molecule has 0 saturated heterocycles. The zero-order chi connectivity index (χ0) is 15.6. The molecule has 0 aliphatic carbocycles. The summed E-state index contributed by atoms with van der Waals surface area (Å²) in [6, 6.07) is 8.77. The van der Waals surface area contributed by atoms with Crippen LogP contribution >= 0.6 is 15.9 Å². The lowest BCUT2D eigenvalue weighted by Gasteiger charge is -2.22. The predicted octanol–water partition coefficient (Wildman–Crippen LogP) is 4.92. The zero-order valence-electron chi connectivity index (χ0n) is 11.0. The molecular formula is C15H12BrF4N. The van der Waals surface area contributed by atoms with Crippen molar-refractivity contribution in [2.24, 2.45) is 0 Å². The molecule has 112 valence electrons. The van der Waals surface area contributed by atoms with E-state index < -0.39 is 23.6 Å². The second kappa shape index (κ2) is 6.15. The standard InChI is InChI=1S/C15H12BrF4N/c1-21-14(11-4-2-3-5-13(11)17)10-7-6-9(16)8-12(10)15(18,19)20/h2-8,14,21H,1H3. The molecule has 2 rings (SSSR count). The van der Waals surface area contributed by atoms with Crippen LogP contribution in [0.2, 0.25) is 0 Å². The van der Waals surface area contributed by atoms with Crippen LogP contribution in [0, 0.1) is 5.82 Å². The topological polar surface area (TPSA) is 12.0 Å². The summed E-state index contributed by atoms with van der Waals surface area (Å²) in [6.07, 6.45) is -4.51. The van der Waals surface area contributed by atoms with Gasteiger partial charge in [-0.1, -0.05) is 40.2 Å². The largest absolute Gasteiger partial charge is 0.416 e. The third-order valence-electron chi connectivity index (χ3n) is 3.14. The Kier molecular flexibility index (Phi) is 4.68. The molecule has 21 heavy (non-hydrogen) atoms. The van der Waals surface area contributed by atoms with Crippen molar-refractivity contribution in [3.63, 3.8) is 0 Å². The molecule has 0 aliphatic rings. The normalized spacial score (nSPS) is 13.2. The first-order valence-electron chi connectivity index (χ1n) is 6.13. The Bertz CT molecular complexity index is 640. The maximum Gasteiger partial charge on any atom is 0.416 e. The molecule has 0 aromatic heterocycles. The Balaban J connectivity index is 2.61. The van der Waals surface area contributed by atoms with Crippen molar-refractivity contribution in [3.05, 3.63) is 69.4 Å². The van der Waals surface area contributed by atoms with Crippen LogP contribution in [-0.4, -0.2) is 7.05 Å². The molecule has 1 atom stereocenters. The van der Waals surface area contributed by atoms with Gasteiger partial charge in [0.05, 0.1) is 11.6 Å². The van der Waals surface area contributed by atoms with E-state index in [0.717, 1.165) is 6.07 Å². The Morgan fingerprint density at radius 1 is 1.05 bits per heavy atom. The van der Waals surface area contributed by atoms with Crippen molar-refractivity contribution < 1.29 is 17.6 Å². The van der Waals surface area contributed by atoms with Crippen LogP contribution in [0.15, 0.2) is 46.9 Å². The van der Waals surface area contributed by atoms with Crippen molar-refractivity contribution in [1.29, 1.82) is 0 Å². The van der Waals surface area contributed by atoms with Crippen molar-refractivity contribution in [1.82, 2.24) is 5.32 Å². The highest BCUT2D eigenvalue weighted by atomic mass is 79.9. The molecular weight excluding hydrogens is 350 g/mol. The van der Waals surface area contributed by atoms with Gasteiger partial charge in [-0.3, -0.25) is 0 Å². The Hall–Kier alpha value is -1.40. The maximum atomic E-state index is 13.9. The van der Waals surface area contributed by atoms with Crippen LogP contribution in [0.25, 0.3) is 0 Å². The highest BCUT2D eigenvalue weighted by Crippen LogP contribution is 2.38. The third-order valence-corrected chi connectivity index (χ3v) is 3.63. The fourth-order valence-electron chi connectivity index (χ4n) is 2.21. The van der Waals surface area contributed by atoms with Gasteiger partial charge >= 0.3 is 6.18 Å². The molecule has 1 nitrogen and oxygen atoms in total. The third kappa shape index (κ3) is 3.44. The number of hydrogen-bond acceptors (Lipinski definition) is 1. The average Bonchev–Trinajstić information content (AvgIpc) is 2.42. The second-order valence-electron chi connectivity index (χ2n) is 4.47. The SMILES string of the molecule is CNC(c1ccccc1F)c1ccc(Br)cc1C(F)(F)F. The highest BCUT2D eigenvalue weighted by molar-refractivity contribution is 9.10. The minimum atomic E-state index is -4.51. The molecule has 1 unspecified atom stereocenters. The number of alkyl halides is 3. The molecule has 0 spiro atoms. The van der Waals surface area contributed by atoms with Crippen LogP contribution in [0.5, 0.6) is 0 Å². The van der Waals surface area contributed by atoms with Gasteiger partial charge in [0.2, 0.25) is 0 Å². The smallest absolute Gasteiger partial charge is 0.309 e. The van der Waals surface area contributed by atoms with E-state index in [4.69, 9.17) is 0 Å². The van der Waals surface area contributed by atoms with Crippen LogP contribution < -0.4 is 5.32 Å². The van der Waals surface area contributed by atoms with E-state index in [-0.39, 0.29) is 11.1 Å². The Morgan fingerprint density at radius 2 is 1.71 bits per heavy atom. The van der Waals surface area contributed by atoms with Crippen LogP contribution in [-0.2, 0) is 6.18 Å². The molecule has 2 aromatic carbocycles. The van der Waals surface area contributed by atoms with E-state index >= 15 is 0 Å². The summed E-state index contributed by atoms with van der Waals surface area (Å²) >= 11 is 3.04. The van der Waals surface area contributed by atoms with Gasteiger partial charge in [0.15, 0.2) is 0 Å². The average molecular weight is 362 g/mol. The molecule has 0 fully saturated rings. The van der Waals surface area contributed by atoms with Gasteiger partial charge in [-0.05, 0) is 30.8 Å². The van der Waals surface area contributed by atoms with Crippen LogP contribution in [0.4, 0.5) is 17.6 Å². The molecule has 1 N–H and O–H groups in total. The van der Waals surface area contributed by atoms with E-state index in [1.165, 1.54) is 37.4 Å². The summed E-state index contributed by atoms with van der Waals surface area (Å²) in [5, 5.41) is 2.75. The molecule has 0 bridgehead atoms. The summed E-state index contributed by atoms with van der Waals surface area (Å²) in [7, 11) is 1.50. The molecule has 0 saturated carbocycles. The van der Waals surface area contributed by atoms with Crippen molar-refractivity contribution in [2.75, 3.05) is 7.05 Å². The van der Waals surface area contributed by atoms with Gasteiger partial charge in [-0.15, -0.1) is 0 Å². The van der Waals surface area contributed by atoms with Crippen molar-refractivity contribution in [3.8, 4) is 0 Å². The quantitative estimate of drug-likeness (QED) is 0.765. The van der Waals surface area contributed by atoms with Crippen molar-refractivity contribution >= 4 is 15.9 Å². The highest BCUT2D eigenvalue weighted by Gasteiger charge is 2.36. The zero-order valence-corrected chi connectivity index (χ0v) is 12.6. The number of hydrogen-bond donors (Lipinski definition) is 1. The summed E-state index contributed by atoms with van der Waals surface area (Å²) in [5.74, 6) is -0.548. The first-order valence-corrected chi connectivity index (χ1v) is 6.92. The molecule has 0 heterocycles. The lowest BCUT2D eigenvalue weighted by atomic mass is 9.94. The summed E-state index contributed by atoms with van der Waals surface area (Å²) < 4.78 is 53.8. The number of benzene rings is 2. The summed E-state index contributed by atoms with van der Waals surface area (Å²) in [5.41, 5.74) is -0.634. The molecule has 0 radical (unpaired) electrons.